The van der Waals surface area contributed by atoms with Gasteiger partial charge in [-0.05, 0) is 25.0 Å². The summed E-state index contributed by atoms with van der Waals surface area (Å²) < 4.78 is 1.97. The molecular formula is C19H26N6O. The molecule has 1 aromatic carbocycles. The summed E-state index contributed by atoms with van der Waals surface area (Å²) >= 11 is 0. The Morgan fingerprint density at radius 1 is 1.08 bits per heavy atom. The highest BCUT2D eigenvalue weighted by atomic mass is 16.2. The number of benzene rings is 1. The molecule has 0 bridgehead atoms. The number of piperidine rings is 1. The van der Waals surface area contributed by atoms with Crippen LogP contribution in [0, 0.1) is 0 Å². The minimum absolute atomic E-state index is 0.0148. The zero-order valence-corrected chi connectivity index (χ0v) is 15.3. The van der Waals surface area contributed by atoms with E-state index in [4.69, 9.17) is 0 Å². The van der Waals surface area contributed by atoms with Crippen LogP contribution in [0.5, 0.6) is 0 Å². The number of carbonyl (C=O) groups is 1. The molecule has 0 saturated carbocycles. The van der Waals surface area contributed by atoms with Gasteiger partial charge in [-0.15, -0.1) is 10.2 Å². The van der Waals surface area contributed by atoms with E-state index < -0.39 is 0 Å². The van der Waals surface area contributed by atoms with E-state index in [2.05, 4.69) is 20.0 Å². The first-order valence-corrected chi connectivity index (χ1v) is 9.38. The van der Waals surface area contributed by atoms with E-state index >= 15 is 0 Å². The number of hydrogen-bond donors (Lipinski definition) is 0. The van der Waals surface area contributed by atoms with Crippen molar-refractivity contribution in [2.45, 2.75) is 25.4 Å². The largest absolute Gasteiger partial charge is 0.320 e. The molecule has 2 aliphatic rings. The quantitative estimate of drug-likeness (QED) is 0.824. The van der Waals surface area contributed by atoms with Crippen molar-refractivity contribution in [2.24, 2.45) is 7.05 Å². The van der Waals surface area contributed by atoms with Crippen molar-refractivity contribution in [2.75, 3.05) is 37.6 Å². The summed E-state index contributed by atoms with van der Waals surface area (Å²) in [6, 6.07) is 10.1. The number of nitrogens with zero attached hydrogens (tertiary/aromatic N) is 6. The zero-order valence-electron chi connectivity index (χ0n) is 15.3. The Hall–Kier alpha value is -2.25. The number of para-hydroxylation sites is 1. The summed E-state index contributed by atoms with van der Waals surface area (Å²) in [5.74, 6) is 1.24. The molecule has 1 aromatic heterocycles. The van der Waals surface area contributed by atoms with Crippen molar-refractivity contribution < 1.29 is 4.79 Å². The minimum Gasteiger partial charge on any atom is -0.320 e. The number of carbonyl (C=O) groups excluding carboxylic acids is 1. The average molecular weight is 354 g/mol. The average Bonchev–Trinajstić information content (AvgIpc) is 3.08. The third-order valence-electron chi connectivity index (χ3n) is 5.50. The molecule has 2 aromatic rings. The maximum atomic E-state index is 13.1. The molecule has 1 amide bonds. The van der Waals surface area contributed by atoms with Gasteiger partial charge < -0.3 is 9.47 Å². The Morgan fingerprint density at radius 2 is 1.85 bits per heavy atom. The molecular weight excluding hydrogens is 328 g/mol. The lowest BCUT2D eigenvalue weighted by Gasteiger charge is -2.42. The van der Waals surface area contributed by atoms with Gasteiger partial charge in [-0.2, -0.15) is 0 Å². The van der Waals surface area contributed by atoms with Crippen molar-refractivity contribution in [1.82, 2.24) is 24.6 Å². The summed E-state index contributed by atoms with van der Waals surface area (Å²) in [5.41, 5.74) is 1.02. The van der Waals surface area contributed by atoms with Crippen LogP contribution in [0.3, 0.4) is 0 Å². The van der Waals surface area contributed by atoms with Crippen molar-refractivity contribution in [3.8, 4) is 0 Å². The Bertz CT molecular complexity index is 737. The fraction of sp³-hybridized carbons (Fsp3) is 0.526. The van der Waals surface area contributed by atoms with Crippen LogP contribution in [0.15, 0.2) is 36.7 Å². The Balaban J connectivity index is 1.36. The Morgan fingerprint density at radius 3 is 2.54 bits per heavy atom. The van der Waals surface area contributed by atoms with Gasteiger partial charge in [0.25, 0.3) is 0 Å². The summed E-state index contributed by atoms with van der Waals surface area (Å²) in [6.45, 7) is 5.42. The molecule has 0 spiro atoms. The Labute approximate surface area is 154 Å². The first-order valence-electron chi connectivity index (χ1n) is 9.38. The maximum absolute atomic E-state index is 13.1. The van der Waals surface area contributed by atoms with E-state index in [1.807, 2.05) is 46.8 Å². The smallest absolute Gasteiger partial charge is 0.244 e. The molecule has 26 heavy (non-hydrogen) atoms. The van der Waals surface area contributed by atoms with Crippen LogP contribution in [0.25, 0.3) is 0 Å². The monoisotopic (exact) mass is 354 g/mol. The molecule has 3 heterocycles. The number of amides is 1. The van der Waals surface area contributed by atoms with Crippen molar-refractivity contribution in [3.05, 3.63) is 42.5 Å². The highest BCUT2D eigenvalue weighted by Gasteiger charge is 2.35. The number of anilines is 1. The van der Waals surface area contributed by atoms with Crippen LogP contribution in [0.1, 0.15) is 18.7 Å². The van der Waals surface area contributed by atoms with E-state index in [9.17, 15) is 4.79 Å². The molecule has 4 rings (SSSR count). The highest BCUT2D eigenvalue weighted by Crippen LogP contribution is 2.24. The lowest BCUT2D eigenvalue weighted by molar-refractivity contribution is -0.126. The van der Waals surface area contributed by atoms with Gasteiger partial charge in [0.15, 0.2) is 0 Å². The fourth-order valence-corrected chi connectivity index (χ4v) is 3.94. The SMILES string of the molecule is Cn1cnnc1CN1CCN([C@@H]2CCCN(c3ccccc3)C2=O)CC1. The lowest BCUT2D eigenvalue weighted by atomic mass is 10.0. The second-order valence-electron chi connectivity index (χ2n) is 7.15. The highest BCUT2D eigenvalue weighted by molar-refractivity contribution is 5.97. The summed E-state index contributed by atoms with van der Waals surface area (Å²) in [5, 5.41) is 8.12. The standard InChI is InChI=1S/C19H26N6O/c1-22-15-20-21-18(22)14-23-10-12-24(13-11-23)17-8-5-9-25(19(17)26)16-6-3-2-4-7-16/h2-4,6-7,15,17H,5,8-14H2,1H3/t17-/m1/s1. The zero-order chi connectivity index (χ0) is 17.9. The van der Waals surface area contributed by atoms with Crippen molar-refractivity contribution >= 4 is 11.6 Å². The van der Waals surface area contributed by atoms with Gasteiger partial charge in [0.1, 0.15) is 12.2 Å². The third kappa shape index (κ3) is 3.50. The van der Waals surface area contributed by atoms with Crippen molar-refractivity contribution in [1.29, 1.82) is 0 Å². The predicted molar refractivity (Wildman–Crippen MR) is 99.7 cm³/mol. The normalized spacial score (nSPS) is 22.7. The van der Waals surface area contributed by atoms with E-state index in [1.165, 1.54) is 0 Å². The molecule has 0 unspecified atom stereocenters. The molecule has 2 aliphatic heterocycles. The first kappa shape index (κ1) is 17.2. The number of aryl methyl sites for hydroxylation is 1. The van der Waals surface area contributed by atoms with E-state index in [-0.39, 0.29) is 11.9 Å². The van der Waals surface area contributed by atoms with Gasteiger partial charge in [0.2, 0.25) is 5.91 Å². The van der Waals surface area contributed by atoms with Crippen LogP contribution < -0.4 is 4.90 Å². The topological polar surface area (TPSA) is 57.5 Å². The van der Waals surface area contributed by atoms with Gasteiger partial charge in [0.05, 0.1) is 12.6 Å². The van der Waals surface area contributed by atoms with Gasteiger partial charge in [-0.3, -0.25) is 14.6 Å². The molecule has 2 saturated heterocycles. The predicted octanol–water partition coefficient (Wildman–Crippen LogP) is 1.13. The molecule has 1 atom stereocenters. The van der Waals surface area contributed by atoms with E-state index in [0.29, 0.717) is 0 Å². The number of piperazine rings is 1. The van der Waals surface area contributed by atoms with Gasteiger partial charge >= 0.3 is 0 Å². The summed E-state index contributed by atoms with van der Waals surface area (Å²) in [6.07, 6.45) is 3.76. The summed E-state index contributed by atoms with van der Waals surface area (Å²) in [7, 11) is 1.98. The molecule has 2 fully saturated rings. The molecule has 138 valence electrons. The third-order valence-corrected chi connectivity index (χ3v) is 5.50. The van der Waals surface area contributed by atoms with Crippen LogP contribution >= 0.6 is 0 Å². The second-order valence-corrected chi connectivity index (χ2v) is 7.15. The first-order chi connectivity index (χ1) is 12.7. The van der Waals surface area contributed by atoms with E-state index in [1.54, 1.807) is 6.33 Å². The number of hydrogen-bond acceptors (Lipinski definition) is 5. The van der Waals surface area contributed by atoms with Crippen LogP contribution in [-0.4, -0.2) is 69.2 Å². The molecule has 0 radical (unpaired) electrons. The minimum atomic E-state index is 0.0148. The lowest BCUT2D eigenvalue weighted by Crippen LogP contribution is -2.57. The summed E-state index contributed by atoms with van der Waals surface area (Å²) in [4.78, 5) is 19.8. The number of aromatic nitrogens is 3. The van der Waals surface area contributed by atoms with Crippen LogP contribution in [-0.2, 0) is 18.4 Å². The van der Waals surface area contributed by atoms with Crippen LogP contribution in [0.4, 0.5) is 5.69 Å². The molecule has 0 aliphatic carbocycles. The molecule has 7 heteroatoms. The van der Waals surface area contributed by atoms with E-state index in [0.717, 1.165) is 63.6 Å². The maximum Gasteiger partial charge on any atom is 0.244 e. The second kappa shape index (κ2) is 7.55. The molecule has 0 N–H and O–H groups in total. The number of rotatable bonds is 4. The van der Waals surface area contributed by atoms with Crippen LogP contribution in [0.2, 0.25) is 0 Å². The molecule has 7 nitrogen and oxygen atoms in total. The Kier molecular flexibility index (Phi) is 4.99. The van der Waals surface area contributed by atoms with Gasteiger partial charge in [-0.1, -0.05) is 18.2 Å². The van der Waals surface area contributed by atoms with Gasteiger partial charge in [0, 0.05) is 45.5 Å². The fourth-order valence-electron chi connectivity index (χ4n) is 3.94. The van der Waals surface area contributed by atoms with Gasteiger partial charge in [-0.25, -0.2) is 0 Å². The van der Waals surface area contributed by atoms with Crippen molar-refractivity contribution in [3.63, 3.8) is 0 Å².